The molecular formula is C37H33BrCl2F6O6S2. The molecule has 2 saturated heterocycles. The van der Waals surface area contributed by atoms with Gasteiger partial charge in [-0.25, -0.2) is 16.8 Å². The lowest BCUT2D eigenvalue weighted by Gasteiger charge is -2.30. The molecule has 0 aliphatic carbocycles. The highest BCUT2D eigenvalue weighted by Gasteiger charge is 2.39. The van der Waals surface area contributed by atoms with Crippen molar-refractivity contribution in [2.75, 3.05) is 13.2 Å². The van der Waals surface area contributed by atoms with Gasteiger partial charge < -0.3 is 9.47 Å². The van der Waals surface area contributed by atoms with Crippen molar-refractivity contribution in [2.24, 2.45) is 0 Å². The van der Waals surface area contributed by atoms with Gasteiger partial charge in [-0.2, -0.15) is 26.3 Å². The first-order valence-corrected chi connectivity index (χ1v) is 21.1. The molecule has 2 fully saturated rings. The maximum absolute atomic E-state index is 13.1. The Morgan fingerprint density at radius 1 is 0.611 bits per heavy atom. The number of halogens is 9. The van der Waals surface area contributed by atoms with Gasteiger partial charge in [-0.1, -0.05) is 53.5 Å². The Labute approximate surface area is 327 Å². The summed E-state index contributed by atoms with van der Waals surface area (Å²) < 4.78 is 142. The van der Waals surface area contributed by atoms with Crippen LogP contribution in [0.3, 0.4) is 0 Å². The van der Waals surface area contributed by atoms with Gasteiger partial charge in [0.15, 0.2) is 19.7 Å². The number of benzene rings is 4. The van der Waals surface area contributed by atoms with Gasteiger partial charge >= 0.3 is 12.4 Å². The molecule has 0 saturated carbocycles. The van der Waals surface area contributed by atoms with Crippen LogP contribution >= 0.6 is 39.1 Å². The third-order valence-electron chi connectivity index (χ3n) is 9.22. The molecule has 0 spiro atoms. The van der Waals surface area contributed by atoms with Crippen molar-refractivity contribution < 1.29 is 52.7 Å². The van der Waals surface area contributed by atoms with Crippen LogP contribution in [0.5, 0.6) is 0 Å². The molecular weight excluding hydrogens is 869 g/mol. The van der Waals surface area contributed by atoms with Gasteiger partial charge in [0, 0.05) is 27.7 Å². The zero-order valence-corrected chi connectivity index (χ0v) is 33.0. The van der Waals surface area contributed by atoms with E-state index >= 15 is 0 Å². The summed E-state index contributed by atoms with van der Waals surface area (Å²) in [7, 11) is -7.91. The normalized spacial score (nSPS) is 21.2. The Balaban J connectivity index is 0.000000208. The average Bonchev–Trinajstić information content (AvgIpc) is 3.12. The van der Waals surface area contributed by atoms with E-state index in [4.69, 9.17) is 32.7 Å². The van der Waals surface area contributed by atoms with Gasteiger partial charge in [0.25, 0.3) is 0 Å². The van der Waals surface area contributed by atoms with Crippen molar-refractivity contribution in [3.63, 3.8) is 0 Å². The average molecular weight is 903 g/mol. The van der Waals surface area contributed by atoms with E-state index in [0.717, 1.165) is 35.4 Å². The van der Waals surface area contributed by atoms with Crippen molar-refractivity contribution in [1.82, 2.24) is 0 Å². The quantitative estimate of drug-likeness (QED) is 0.179. The molecule has 2 heterocycles. The van der Waals surface area contributed by atoms with Gasteiger partial charge in [-0.15, -0.1) is 0 Å². The first kappa shape index (κ1) is 42.5. The molecule has 54 heavy (non-hydrogen) atoms. The predicted molar refractivity (Wildman–Crippen MR) is 196 cm³/mol. The number of sulfone groups is 2. The molecule has 4 atom stereocenters. The van der Waals surface area contributed by atoms with Crippen LogP contribution in [0.2, 0.25) is 10.0 Å². The van der Waals surface area contributed by atoms with Crippen molar-refractivity contribution in [1.29, 1.82) is 0 Å². The van der Waals surface area contributed by atoms with Crippen molar-refractivity contribution in [2.45, 2.75) is 77.5 Å². The Bertz CT molecular complexity index is 2010. The minimum atomic E-state index is -4.62. The first-order valence-electron chi connectivity index (χ1n) is 16.4. The fourth-order valence-electron chi connectivity index (χ4n) is 6.26. The van der Waals surface area contributed by atoms with Crippen molar-refractivity contribution in [3.8, 4) is 0 Å². The molecule has 17 heteroatoms. The first-order chi connectivity index (χ1) is 25.2. The third-order valence-corrected chi connectivity index (χ3v) is 15.3. The smallest absolute Gasteiger partial charge is 0.373 e. The number of ether oxygens (including phenoxy) is 2. The molecule has 4 aromatic carbocycles. The second-order valence-electron chi connectivity index (χ2n) is 12.8. The number of alkyl halides is 6. The van der Waals surface area contributed by atoms with Crippen LogP contribution in [-0.2, 0) is 41.5 Å². The van der Waals surface area contributed by atoms with E-state index in [-0.39, 0.29) is 53.2 Å². The number of aryl methyl sites for hydroxylation is 1. The van der Waals surface area contributed by atoms with Crippen molar-refractivity contribution >= 4 is 58.8 Å². The molecule has 292 valence electrons. The zero-order chi connectivity index (χ0) is 39.6. The lowest BCUT2D eigenvalue weighted by Crippen LogP contribution is -2.31. The van der Waals surface area contributed by atoms with Crippen LogP contribution in [0.15, 0.2) is 99.2 Å². The molecule has 0 amide bonds. The largest absolute Gasteiger partial charge is 0.416 e. The van der Waals surface area contributed by atoms with Gasteiger partial charge in [-0.3, -0.25) is 0 Å². The summed E-state index contributed by atoms with van der Waals surface area (Å²) >= 11 is 14.8. The fraction of sp³-hybridized carbons (Fsp3) is 0.351. The monoisotopic (exact) mass is 900 g/mol. The number of hydrogen-bond acceptors (Lipinski definition) is 6. The topological polar surface area (TPSA) is 86.7 Å². The molecule has 4 aromatic rings. The van der Waals surface area contributed by atoms with Gasteiger partial charge in [0.1, 0.15) is 0 Å². The second kappa shape index (κ2) is 16.8. The van der Waals surface area contributed by atoms with E-state index in [0.29, 0.717) is 21.7 Å². The maximum Gasteiger partial charge on any atom is 0.416 e. The van der Waals surface area contributed by atoms with Crippen LogP contribution in [0.25, 0.3) is 0 Å². The molecule has 0 aromatic heterocycles. The summed E-state index contributed by atoms with van der Waals surface area (Å²) in [6.45, 7) is 1.92. The Kier molecular flexibility index (Phi) is 13.2. The Morgan fingerprint density at radius 3 is 1.43 bits per heavy atom. The lowest BCUT2D eigenvalue weighted by atomic mass is 10.0. The van der Waals surface area contributed by atoms with Crippen LogP contribution in [0, 0.1) is 6.92 Å². The summed E-state index contributed by atoms with van der Waals surface area (Å²) in [5.41, 5.74) is -0.0846. The van der Waals surface area contributed by atoms with Gasteiger partial charge in [0.05, 0.1) is 43.6 Å². The molecule has 0 bridgehead atoms. The highest BCUT2D eigenvalue weighted by atomic mass is 79.9. The van der Waals surface area contributed by atoms with E-state index < -0.39 is 65.9 Å². The molecule has 2 aliphatic heterocycles. The zero-order valence-electron chi connectivity index (χ0n) is 28.3. The molecule has 4 unspecified atom stereocenters. The third kappa shape index (κ3) is 10.0. The van der Waals surface area contributed by atoms with Crippen LogP contribution in [0.1, 0.15) is 65.7 Å². The molecule has 6 nitrogen and oxygen atoms in total. The fourth-order valence-corrected chi connectivity index (χ4v) is 11.3. The predicted octanol–water partition coefficient (Wildman–Crippen LogP) is 11.2. The standard InChI is InChI=1S/C19H18ClF3O3S.C18H15BrClF3O3S/c1-12-2-5-14(19(21,22)23)10-18(12)27(24,25)16-8-9-26-17(11-16)13-3-6-15(20)7-4-13;19-15-6-3-12(18(21,22)23)9-17(15)27(24,25)14-7-8-26-16(10-14)11-1-4-13(20)5-2-11/h2-7,10,16-17H,8-9,11H2,1H3;1-6,9,14,16H,7-8,10H2. The van der Waals surface area contributed by atoms with Crippen LogP contribution in [-0.4, -0.2) is 40.5 Å². The summed E-state index contributed by atoms with van der Waals surface area (Å²) in [4.78, 5) is -0.613. The summed E-state index contributed by atoms with van der Waals surface area (Å²) in [5, 5.41) is -0.550. The number of hydrogen-bond donors (Lipinski definition) is 0. The van der Waals surface area contributed by atoms with E-state index in [1.165, 1.54) is 13.0 Å². The minimum Gasteiger partial charge on any atom is -0.373 e. The SMILES string of the molecule is Cc1ccc(C(F)(F)F)cc1S(=O)(=O)C1CCOC(c2ccc(Cl)cc2)C1.O=S(=O)(c1cc(C(F)(F)F)ccc1Br)C1CCOC(c2ccc(Cl)cc2)C1. The summed E-state index contributed by atoms with van der Waals surface area (Å²) in [6.07, 6.45) is -9.32. The Morgan fingerprint density at radius 2 is 1.00 bits per heavy atom. The minimum absolute atomic E-state index is 0.116. The van der Waals surface area contributed by atoms with E-state index in [1.54, 1.807) is 48.5 Å². The van der Waals surface area contributed by atoms with E-state index in [1.807, 2.05) is 0 Å². The van der Waals surface area contributed by atoms with Gasteiger partial charge in [-0.05, 0) is 120 Å². The van der Waals surface area contributed by atoms with Crippen LogP contribution < -0.4 is 0 Å². The van der Waals surface area contributed by atoms with Crippen LogP contribution in [0.4, 0.5) is 26.3 Å². The maximum atomic E-state index is 13.1. The lowest BCUT2D eigenvalue weighted by molar-refractivity contribution is -0.138. The number of rotatable bonds is 6. The summed E-state index contributed by atoms with van der Waals surface area (Å²) in [6, 6.07) is 19.3. The Hall–Kier alpha value is -2.66. The highest BCUT2D eigenvalue weighted by Crippen LogP contribution is 2.40. The molecule has 0 radical (unpaired) electrons. The van der Waals surface area contributed by atoms with E-state index in [9.17, 15) is 43.2 Å². The van der Waals surface area contributed by atoms with Crippen molar-refractivity contribution in [3.05, 3.63) is 127 Å². The molecule has 2 aliphatic rings. The summed E-state index contributed by atoms with van der Waals surface area (Å²) in [5.74, 6) is 0. The highest BCUT2D eigenvalue weighted by molar-refractivity contribution is 9.10. The molecule has 6 rings (SSSR count). The molecule has 0 N–H and O–H groups in total. The van der Waals surface area contributed by atoms with Gasteiger partial charge in [0.2, 0.25) is 0 Å². The second-order valence-corrected chi connectivity index (χ2v) is 18.9. The van der Waals surface area contributed by atoms with E-state index in [2.05, 4.69) is 15.9 Å².